The van der Waals surface area contributed by atoms with Gasteiger partial charge in [0, 0.05) is 61.9 Å². The number of hydrogen-bond donors (Lipinski definition) is 0. The lowest BCUT2D eigenvalue weighted by Gasteiger charge is -2.36. The number of piperidine rings is 1. The van der Waals surface area contributed by atoms with Crippen LogP contribution in [0.3, 0.4) is 0 Å². The van der Waals surface area contributed by atoms with Gasteiger partial charge in [-0.2, -0.15) is 5.10 Å². The Kier molecular flexibility index (Phi) is 4.93. The first-order valence-electron chi connectivity index (χ1n) is 9.50. The SMILES string of the molecule is CCn1nc(C)c(CN2C[C@H]3CC[C@@H]2CN(Cc2cscn2)C3)c1C. The summed E-state index contributed by atoms with van der Waals surface area (Å²) >= 11 is 1.70. The molecule has 25 heavy (non-hydrogen) atoms. The van der Waals surface area contributed by atoms with E-state index in [2.05, 4.69) is 45.6 Å². The lowest BCUT2D eigenvalue weighted by molar-refractivity contribution is 0.122. The fraction of sp³-hybridized carbons (Fsp3) is 0.684. The summed E-state index contributed by atoms with van der Waals surface area (Å²) in [5.41, 5.74) is 7.18. The number of aryl methyl sites for hydroxylation is 2. The van der Waals surface area contributed by atoms with Crippen LogP contribution in [0.25, 0.3) is 0 Å². The molecule has 0 aliphatic carbocycles. The third-order valence-electron chi connectivity index (χ3n) is 5.96. The highest BCUT2D eigenvalue weighted by molar-refractivity contribution is 7.07. The third-order valence-corrected chi connectivity index (χ3v) is 6.60. The highest BCUT2D eigenvalue weighted by Gasteiger charge is 2.35. The van der Waals surface area contributed by atoms with Crippen LogP contribution in [-0.4, -0.2) is 50.2 Å². The van der Waals surface area contributed by atoms with E-state index >= 15 is 0 Å². The van der Waals surface area contributed by atoms with E-state index in [0.717, 1.165) is 25.6 Å². The zero-order chi connectivity index (χ0) is 17.4. The Labute approximate surface area is 154 Å². The molecule has 0 aromatic carbocycles. The van der Waals surface area contributed by atoms with Crippen molar-refractivity contribution in [2.24, 2.45) is 5.92 Å². The van der Waals surface area contributed by atoms with Gasteiger partial charge in [-0.25, -0.2) is 4.98 Å². The molecule has 6 heteroatoms. The van der Waals surface area contributed by atoms with Crippen molar-refractivity contribution < 1.29 is 0 Å². The smallest absolute Gasteiger partial charge is 0.0795 e. The van der Waals surface area contributed by atoms with Crippen LogP contribution in [-0.2, 0) is 19.6 Å². The molecule has 0 amide bonds. The highest BCUT2D eigenvalue weighted by atomic mass is 32.1. The van der Waals surface area contributed by atoms with Crippen molar-refractivity contribution in [3.63, 3.8) is 0 Å². The number of aromatic nitrogens is 3. The second-order valence-electron chi connectivity index (χ2n) is 7.67. The first-order valence-corrected chi connectivity index (χ1v) is 10.4. The summed E-state index contributed by atoms with van der Waals surface area (Å²) < 4.78 is 2.15. The zero-order valence-corrected chi connectivity index (χ0v) is 16.4. The van der Waals surface area contributed by atoms with Crippen LogP contribution >= 0.6 is 11.3 Å². The molecule has 0 saturated carbocycles. The minimum Gasteiger partial charge on any atom is -0.296 e. The van der Waals surface area contributed by atoms with E-state index in [9.17, 15) is 0 Å². The van der Waals surface area contributed by atoms with Crippen LogP contribution in [0.15, 0.2) is 10.9 Å². The van der Waals surface area contributed by atoms with Crippen molar-refractivity contribution in [3.05, 3.63) is 33.5 Å². The van der Waals surface area contributed by atoms with E-state index in [0.29, 0.717) is 6.04 Å². The minimum absolute atomic E-state index is 0.668. The molecule has 0 N–H and O–H groups in total. The Morgan fingerprint density at radius 2 is 2.04 bits per heavy atom. The van der Waals surface area contributed by atoms with Crippen molar-refractivity contribution in [1.29, 1.82) is 0 Å². The number of rotatable bonds is 5. The molecule has 136 valence electrons. The zero-order valence-electron chi connectivity index (χ0n) is 15.6. The van der Waals surface area contributed by atoms with E-state index in [1.54, 1.807) is 11.3 Å². The summed E-state index contributed by atoms with van der Waals surface area (Å²) in [7, 11) is 0. The van der Waals surface area contributed by atoms with Crippen LogP contribution in [0.5, 0.6) is 0 Å². The summed E-state index contributed by atoms with van der Waals surface area (Å²) in [6.07, 6.45) is 2.71. The fourth-order valence-corrected chi connectivity index (χ4v) is 5.17. The van der Waals surface area contributed by atoms with Crippen LogP contribution < -0.4 is 0 Å². The summed E-state index contributed by atoms with van der Waals surface area (Å²) in [5, 5.41) is 6.91. The van der Waals surface area contributed by atoms with E-state index in [4.69, 9.17) is 5.10 Å². The first-order chi connectivity index (χ1) is 12.1. The Morgan fingerprint density at radius 1 is 1.16 bits per heavy atom. The number of hydrogen-bond acceptors (Lipinski definition) is 5. The predicted octanol–water partition coefficient (Wildman–Crippen LogP) is 3.07. The van der Waals surface area contributed by atoms with Crippen molar-refractivity contribution in [3.8, 4) is 0 Å². The van der Waals surface area contributed by atoms with E-state index in [1.165, 1.54) is 55.1 Å². The van der Waals surface area contributed by atoms with Gasteiger partial charge in [0.1, 0.15) is 0 Å². The van der Waals surface area contributed by atoms with Gasteiger partial charge < -0.3 is 0 Å². The largest absolute Gasteiger partial charge is 0.296 e. The number of fused-ring (bicyclic) bond motifs is 4. The average Bonchev–Trinajstić information content (AvgIpc) is 3.08. The molecule has 3 saturated heterocycles. The number of nitrogens with zero attached hydrogens (tertiary/aromatic N) is 5. The van der Waals surface area contributed by atoms with Crippen LogP contribution in [0, 0.1) is 19.8 Å². The molecule has 0 radical (unpaired) electrons. The maximum absolute atomic E-state index is 4.72. The van der Waals surface area contributed by atoms with E-state index in [-0.39, 0.29) is 0 Å². The summed E-state index contributed by atoms with van der Waals surface area (Å²) in [6, 6.07) is 0.668. The second kappa shape index (κ2) is 7.17. The molecule has 0 unspecified atom stereocenters. The Morgan fingerprint density at radius 3 is 2.76 bits per heavy atom. The summed E-state index contributed by atoms with van der Waals surface area (Å²) in [4.78, 5) is 9.85. The molecule has 2 bridgehead atoms. The number of thiazole rings is 1. The first kappa shape index (κ1) is 17.2. The van der Waals surface area contributed by atoms with E-state index in [1.807, 2.05) is 5.51 Å². The molecule has 0 spiro atoms. The third kappa shape index (κ3) is 3.52. The summed E-state index contributed by atoms with van der Waals surface area (Å²) in [5.74, 6) is 0.791. The standard InChI is InChI=1S/C19H29N5S/c1-4-24-15(3)19(14(2)21-24)11-23-8-16-5-6-18(23)10-22(7-16)9-17-12-25-13-20-17/h12-13,16,18H,4-11H2,1-3H3/t16-,18+/m0/s1. The van der Waals surface area contributed by atoms with Gasteiger partial charge in [0.15, 0.2) is 0 Å². The molecule has 5 heterocycles. The predicted molar refractivity (Wildman–Crippen MR) is 102 cm³/mol. The molecule has 2 atom stereocenters. The quantitative estimate of drug-likeness (QED) is 0.822. The van der Waals surface area contributed by atoms with Gasteiger partial charge in [0.2, 0.25) is 0 Å². The molecule has 5 rings (SSSR count). The molecule has 3 aliphatic rings. The Bertz CT molecular complexity index is 708. The molecule has 3 aliphatic heterocycles. The van der Waals surface area contributed by atoms with Gasteiger partial charge in [0.05, 0.1) is 16.9 Å². The molecule has 2 aromatic rings. The minimum atomic E-state index is 0.668. The van der Waals surface area contributed by atoms with Gasteiger partial charge in [-0.1, -0.05) is 0 Å². The molecular weight excluding hydrogens is 330 g/mol. The van der Waals surface area contributed by atoms with Gasteiger partial charge >= 0.3 is 0 Å². The van der Waals surface area contributed by atoms with Crippen LogP contribution in [0.2, 0.25) is 0 Å². The lowest BCUT2D eigenvalue weighted by Crippen LogP contribution is -2.43. The van der Waals surface area contributed by atoms with Crippen molar-refractivity contribution in [2.75, 3.05) is 19.6 Å². The summed E-state index contributed by atoms with van der Waals surface area (Å²) in [6.45, 7) is 13.2. The van der Waals surface area contributed by atoms with Gasteiger partial charge in [-0.3, -0.25) is 14.5 Å². The van der Waals surface area contributed by atoms with Crippen molar-refractivity contribution >= 4 is 11.3 Å². The van der Waals surface area contributed by atoms with Crippen LogP contribution in [0.4, 0.5) is 0 Å². The van der Waals surface area contributed by atoms with Crippen molar-refractivity contribution in [2.45, 2.75) is 59.3 Å². The topological polar surface area (TPSA) is 37.2 Å². The fourth-order valence-electron chi connectivity index (χ4n) is 4.62. The monoisotopic (exact) mass is 359 g/mol. The molecule has 2 aromatic heterocycles. The van der Waals surface area contributed by atoms with E-state index < -0.39 is 0 Å². The van der Waals surface area contributed by atoms with Gasteiger partial charge in [-0.05, 0) is 39.5 Å². The second-order valence-corrected chi connectivity index (χ2v) is 8.38. The molecule has 5 nitrogen and oxygen atoms in total. The van der Waals surface area contributed by atoms with Gasteiger partial charge in [0.25, 0.3) is 0 Å². The molecular formula is C19H29N5S. The van der Waals surface area contributed by atoms with Gasteiger partial charge in [-0.15, -0.1) is 11.3 Å². The molecule has 3 fully saturated rings. The van der Waals surface area contributed by atoms with Crippen LogP contribution in [0.1, 0.15) is 42.4 Å². The Hall–Kier alpha value is -1.24. The van der Waals surface area contributed by atoms with Crippen molar-refractivity contribution in [1.82, 2.24) is 24.6 Å². The maximum atomic E-state index is 4.72. The Balaban J connectivity index is 1.48. The highest BCUT2D eigenvalue weighted by Crippen LogP contribution is 2.31. The average molecular weight is 360 g/mol. The lowest BCUT2D eigenvalue weighted by atomic mass is 9.94. The maximum Gasteiger partial charge on any atom is 0.0795 e. The normalized spacial score (nSPS) is 24.8.